The number of nitrogens with one attached hydrogen (secondary N) is 2. The molecule has 2 N–H and O–H groups in total. The average Bonchev–Trinajstić information content (AvgIpc) is 3.13. The van der Waals surface area contributed by atoms with Gasteiger partial charge in [-0.15, -0.1) is 0 Å². The number of carbonyl (C=O) groups is 1. The first-order valence-corrected chi connectivity index (χ1v) is 8.79. The molecule has 0 bridgehead atoms. The summed E-state index contributed by atoms with van der Waals surface area (Å²) in [6.07, 6.45) is 1.53. The normalized spacial score (nSPS) is 11.8. The van der Waals surface area contributed by atoms with Crippen molar-refractivity contribution >= 4 is 17.5 Å². The molecule has 26 heavy (non-hydrogen) atoms. The van der Waals surface area contributed by atoms with E-state index in [1.54, 1.807) is 12.1 Å². The Hall–Kier alpha value is -2.79. The number of H-pyrrole nitrogens is 1. The van der Waals surface area contributed by atoms with Crippen LogP contribution in [-0.2, 0) is 0 Å². The van der Waals surface area contributed by atoms with E-state index in [0.29, 0.717) is 22.9 Å². The first-order chi connectivity index (χ1) is 12.6. The van der Waals surface area contributed by atoms with Crippen molar-refractivity contribution in [2.45, 2.75) is 19.9 Å². The number of nitrogens with zero attached hydrogens (tertiary/aromatic N) is 1. The van der Waals surface area contributed by atoms with Gasteiger partial charge in [-0.2, -0.15) is 5.10 Å². The molecule has 0 aliphatic carbocycles. The van der Waals surface area contributed by atoms with Gasteiger partial charge in [-0.1, -0.05) is 35.9 Å². The molecule has 1 unspecified atom stereocenters. The van der Waals surface area contributed by atoms with Crippen LogP contribution in [0.5, 0.6) is 5.75 Å². The molecule has 0 radical (unpaired) electrons. The van der Waals surface area contributed by atoms with Crippen LogP contribution in [0.4, 0.5) is 0 Å². The molecule has 3 rings (SSSR count). The highest BCUT2D eigenvalue weighted by atomic mass is 35.5. The minimum Gasteiger partial charge on any atom is -0.494 e. The van der Waals surface area contributed by atoms with Gasteiger partial charge in [0, 0.05) is 10.6 Å². The van der Waals surface area contributed by atoms with Crippen molar-refractivity contribution in [2.75, 3.05) is 6.61 Å². The topological polar surface area (TPSA) is 67.0 Å². The molecule has 1 aromatic heterocycles. The van der Waals surface area contributed by atoms with Crippen LogP contribution in [0.3, 0.4) is 0 Å². The lowest BCUT2D eigenvalue weighted by Crippen LogP contribution is -2.26. The number of ether oxygens (including phenoxy) is 1. The van der Waals surface area contributed by atoms with Crippen LogP contribution in [0.15, 0.2) is 54.7 Å². The van der Waals surface area contributed by atoms with Gasteiger partial charge in [0.25, 0.3) is 5.91 Å². The summed E-state index contributed by atoms with van der Waals surface area (Å²) in [6.45, 7) is 4.51. The monoisotopic (exact) mass is 369 g/mol. The van der Waals surface area contributed by atoms with Crippen molar-refractivity contribution in [1.82, 2.24) is 15.5 Å². The molecule has 6 heteroatoms. The van der Waals surface area contributed by atoms with Crippen molar-refractivity contribution in [3.8, 4) is 17.0 Å². The molecule has 1 atom stereocenters. The van der Waals surface area contributed by atoms with E-state index in [1.165, 1.54) is 6.20 Å². The summed E-state index contributed by atoms with van der Waals surface area (Å²) in [4.78, 5) is 12.7. The van der Waals surface area contributed by atoms with Crippen LogP contribution < -0.4 is 10.1 Å². The predicted octanol–water partition coefficient (Wildman–Crippen LogP) is 4.62. The van der Waals surface area contributed by atoms with Crippen LogP contribution in [-0.4, -0.2) is 22.7 Å². The minimum absolute atomic E-state index is 0.147. The number of amides is 1. The number of hydrogen-bond acceptors (Lipinski definition) is 3. The van der Waals surface area contributed by atoms with E-state index in [1.807, 2.05) is 50.2 Å². The number of aromatic amines is 1. The molecule has 1 amide bonds. The molecule has 0 aliphatic heterocycles. The zero-order chi connectivity index (χ0) is 18.5. The number of aromatic nitrogens is 2. The van der Waals surface area contributed by atoms with Gasteiger partial charge < -0.3 is 10.1 Å². The van der Waals surface area contributed by atoms with E-state index >= 15 is 0 Å². The minimum atomic E-state index is -0.190. The van der Waals surface area contributed by atoms with Gasteiger partial charge in [-0.3, -0.25) is 9.89 Å². The molecule has 0 saturated carbocycles. The quantitative estimate of drug-likeness (QED) is 0.666. The van der Waals surface area contributed by atoms with Crippen LogP contribution in [0.2, 0.25) is 5.02 Å². The molecule has 3 aromatic rings. The first-order valence-electron chi connectivity index (χ1n) is 8.41. The van der Waals surface area contributed by atoms with Gasteiger partial charge in [0.15, 0.2) is 0 Å². The lowest BCUT2D eigenvalue weighted by Gasteiger charge is -2.15. The molecule has 0 aliphatic rings. The standard InChI is InChI=1S/C20H20ClN3O2/c1-3-26-17-10-6-14(7-11-17)13(2)23-20(25)18-12-22-24-19(18)15-4-8-16(21)9-5-15/h4-13H,3H2,1-2H3,(H,22,24)(H,23,25). The summed E-state index contributed by atoms with van der Waals surface area (Å²) in [5.74, 6) is 0.625. The Labute approximate surface area is 157 Å². The fourth-order valence-electron chi connectivity index (χ4n) is 2.67. The number of halogens is 1. The smallest absolute Gasteiger partial charge is 0.255 e. The van der Waals surface area contributed by atoms with E-state index in [0.717, 1.165) is 16.9 Å². The van der Waals surface area contributed by atoms with E-state index in [2.05, 4.69) is 15.5 Å². The molecule has 0 fully saturated rings. The molecule has 5 nitrogen and oxygen atoms in total. The first kappa shape index (κ1) is 18.0. The maximum absolute atomic E-state index is 12.7. The zero-order valence-corrected chi connectivity index (χ0v) is 15.4. The molecule has 1 heterocycles. The summed E-state index contributed by atoms with van der Waals surface area (Å²) >= 11 is 5.93. The second-order valence-electron chi connectivity index (χ2n) is 5.86. The van der Waals surface area contributed by atoms with E-state index < -0.39 is 0 Å². The fourth-order valence-corrected chi connectivity index (χ4v) is 2.80. The molecular weight excluding hydrogens is 350 g/mol. The van der Waals surface area contributed by atoms with Gasteiger partial charge in [0.05, 0.1) is 30.1 Å². The summed E-state index contributed by atoms with van der Waals surface area (Å²) in [7, 11) is 0. The van der Waals surface area contributed by atoms with Gasteiger partial charge in [-0.25, -0.2) is 0 Å². The SMILES string of the molecule is CCOc1ccc(C(C)NC(=O)c2cn[nH]c2-c2ccc(Cl)cc2)cc1. The Morgan fingerprint density at radius 2 is 1.88 bits per heavy atom. The highest BCUT2D eigenvalue weighted by molar-refractivity contribution is 6.30. The van der Waals surface area contributed by atoms with Crippen LogP contribution in [0.1, 0.15) is 35.8 Å². The van der Waals surface area contributed by atoms with Gasteiger partial charge in [-0.05, 0) is 43.7 Å². The lowest BCUT2D eigenvalue weighted by molar-refractivity contribution is 0.0940. The fraction of sp³-hybridized carbons (Fsp3) is 0.200. The van der Waals surface area contributed by atoms with Gasteiger partial charge >= 0.3 is 0 Å². The third-order valence-electron chi connectivity index (χ3n) is 4.06. The van der Waals surface area contributed by atoms with Crippen molar-refractivity contribution < 1.29 is 9.53 Å². The molecular formula is C20H20ClN3O2. The van der Waals surface area contributed by atoms with Crippen molar-refractivity contribution in [2.24, 2.45) is 0 Å². The van der Waals surface area contributed by atoms with E-state index in [4.69, 9.17) is 16.3 Å². The highest BCUT2D eigenvalue weighted by Crippen LogP contribution is 2.24. The maximum Gasteiger partial charge on any atom is 0.255 e. The van der Waals surface area contributed by atoms with E-state index in [-0.39, 0.29) is 11.9 Å². The summed E-state index contributed by atoms with van der Waals surface area (Å²) in [5.41, 5.74) is 3.01. The molecule has 134 valence electrons. The molecule has 0 spiro atoms. The Balaban J connectivity index is 1.74. The average molecular weight is 370 g/mol. The van der Waals surface area contributed by atoms with Gasteiger partial charge in [0.2, 0.25) is 0 Å². The Morgan fingerprint density at radius 1 is 1.19 bits per heavy atom. The Kier molecular flexibility index (Phi) is 5.58. The number of benzene rings is 2. The van der Waals surface area contributed by atoms with Crippen LogP contribution in [0.25, 0.3) is 11.3 Å². The molecule has 0 saturated heterocycles. The second kappa shape index (κ2) is 8.06. The highest BCUT2D eigenvalue weighted by Gasteiger charge is 2.18. The number of carbonyl (C=O) groups excluding carboxylic acids is 1. The van der Waals surface area contributed by atoms with E-state index in [9.17, 15) is 4.79 Å². The third-order valence-corrected chi connectivity index (χ3v) is 4.31. The van der Waals surface area contributed by atoms with Crippen molar-refractivity contribution in [3.63, 3.8) is 0 Å². The van der Waals surface area contributed by atoms with Gasteiger partial charge in [0.1, 0.15) is 5.75 Å². The van der Waals surface area contributed by atoms with Crippen LogP contribution in [0, 0.1) is 0 Å². The molecule has 2 aromatic carbocycles. The Morgan fingerprint density at radius 3 is 2.54 bits per heavy atom. The summed E-state index contributed by atoms with van der Waals surface area (Å²) < 4.78 is 5.44. The summed E-state index contributed by atoms with van der Waals surface area (Å²) in [5, 5.41) is 10.6. The largest absolute Gasteiger partial charge is 0.494 e. The third kappa shape index (κ3) is 4.06. The van der Waals surface area contributed by atoms with Crippen molar-refractivity contribution in [3.05, 3.63) is 70.9 Å². The second-order valence-corrected chi connectivity index (χ2v) is 6.30. The lowest BCUT2D eigenvalue weighted by atomic mass is 10.1. The number of rotatable bonds is 6. The number of hydrogen-bond donors (Lipinski definition) is 2. The zero-order valence-electron chi connectivity index (χ0n) is 14.6. The van der Waals surface area contributed by atoms with Crippen molar-refractivity contribution in [1.29, 1.82) is 0 Å². The maximum atomic E-state index is 12.7. The summed E-state index contributed by atoms with van der Waals surface area (Å²) in [6, 6.07) is 14.8. The Bertz CT molecular complexity index is 873. The van der Waals surface area contributed by atoms with Crippen LogP contribution >= 0.6 is 11.6 Å². The predicted molar refractivity (Wildman–Crippen MR) is 103 cm³/mol.